The normalized spacial score (nSPS) is 13.2. The molecule has 0 radical (unpaired) electrons. The van der Waals surface area contributed by atoms with Crippen LogP contribution in [0.2, 0.25) is 0 Å². The van der Waals surface area contributed by atoms with Crippen LogP contribution in [0.5, 0.6) is 0 Å². The lowest BCUT2D eigenvalue weighted by Gasteiger charge is -2.27. The lowest BCUT2D eigenvalue weighted by Crippen LogP contribution is -2.49. The Bertz CT molecular complexity index is 597. The Hall–Kier alpha value is -1.21. The number of carbonyl (C=O) groups is 3. The lowest BCUT2D eigenvalue weighted by molar-refractivity contribution is -0.159. The van der Waals surface area contributed by atoms with Gasteiger partial charge in [0, 0.05) is 0 Å². The van der Waals surface area contributed by atoms with E-state index in [1.165, 1.54) is 0 Å². The maximum absolute atomic E-state index is 12.3. The maximum Gasteiger partial charge on any atom is 0.340 e. The van der Waals surface area contributed by atoms with Gasteiger partial charge in [0.15, 0.2) is 17.0 Å². The highest BCUT2D eigenvalue weighted by Crippen LogP contribution is 2.25. The molecule has 25 heavy (non-hydrogen) atoms. The van der Waals surface area contributed by atoms with Crippen molar-refractivity contribution in [2.45, 2.75) is 28.7 Å². The van der Waals surface area contributed by atoms with Gasteiger partial charge in [0.1, 0.15) is 0 Å². The summed E-state index contributed by atoms with van der Waals surface area (Å²) in [4.78, 5) is 33.1. The Morgan fingerprint density at radius 1 is 1.00 bits per heavy atom. The quantitative estimate of drug-likeness (QED) is 0.506. The van der Waals surface area contributed by atoms with E-state index < -0.39 is 39.7 Å². The van der Waals surface area contributed by atoms with E-state index in [0.29, 0.717) is 5.56 Å². The Labute approximate surface area is 164 Å². The van der Waals surface area contributed by atoms with Gasteiger partial charge in [0.2, 0.25) is 4.84 Å². The Morgan fingerprint density at radius 2 is 1.60 bits per heavy atom. The number of rotatable bonds is 8. The van der Waals surface area contributed by atoms with Gasteiger partial charge in [-0.05, 0) is 12.5 Å². The molecular formula is C15H15Cl4NO5. The number of benzene rings is 1. The van der Waals surface area contributed by atoms with Gasteiger partial charge in [-0.2, -0.15) is 0 Å². The number of amides is 1. The zero-order chi connectivity index (χ0) is 19.0. The first-order chi connectivity index (χ1) is 11.8. The van der Waals surface area contributed by atoms with Crippen LogP contribution in [-0.4, -0.2) is 40.2 Å². The first-order valence-electron chi connectivity index (χ1n) is 7.06. The van der Waals surface area contributed by atoms with Crippen molar-refractivity contribution in [2.75, 3.05) is 6.61 Å². The zero-order valence-electron chi connectivity index (χ0n) is 13.0. The third-order valence-electron chi connectivity index (χ3n) is 2.89. The van der Waals surface area contributed by atoms with Crippen molar-refractivity contribution in [1.82, 2.24) is 5.32 Å². The fraction of sp³-hybridized carbons (Fsp3) is 0.400. The summed E-state index contributed by atoms with van der Waals surface area (Å²) in [7, 11) is 0. The summed E-state index contributed by atoms with van der Waals surface area (Å²) >= 11 is 22.0. The standard InChI is InChI=1S/C15H15Cl4NO5/c1-2-24-14(22)9(20-13(21)11(16)17)10(25-15(23)12(18)19)8-6-4-3-5-7-8/h3-7,9-12H,2H2,1H3,(H,20,21)/t9-,10-/m1/s1. The van der Waals surface area contributed by atoms with Crippen LogP contribution in [0.25, 0.3) is 0 Å². The molecule has 0 aliphatic rings. The minimum Gasteiger partial charge on any atom is -0.464 e. The Balaban J connectivity index is 3.23. The van der Waals surface area contributed by atoms with Gasteiger partial charge in [-0.25, -0.2) is 9.59 Å². The summed E-state index contributed by atoms with van der Waals surface area (Å²) in [5, 5.41) is 2.30. The van der Waals surface area contributed by atoms with Gasteiger partial charge < -0.3 is 14.8 Å². The minimum atomic E-state index is -1.47. The fourth-order valence-electron chi connectivity index (χ4n) is 1.85. The van der Waals surface area contributed by atoms with Gasteiger partial charge in [-0.15, -0.1) is 0 Å². The largest absolute Gasteiger partial charge is 0.464 e. The number of ether oxygens (including phenoxy) is 2. The molecule has 0 bridgehead atoms. The SMILES string of the molecule is CCOC(=O)[C@H](NC(=O)C(Cl)Cl)[C@H](OC(=O)C(Cl)Cl)c1ccccc1. The summed E-state index contributed by atoms with van der Waals surface area (Å²) < 4.78 is 10.1. The van der Waals surface area contributed by atoms with Crippen LogP contribution in [0.15, 0.2) is 30.3 Å². The summed E-state index contributed by atoms with van der Waals surface area (Å²) in [6, 6.07) is 6.82. The van der Waals surface area contributed by atoms with Crippen molar-refractivity contribution in [1.29, 1.82) is 0 Å². The van der Waals surface area contributed by atoms with Crippen molar-refractivity contribution >= 4 is 64.2 Å². The molecule has 1 aromatic carbocycles. The molecule has 0 saturated heterocycles. The average Bonchev–Trinajstić information content (AvgIpc) is 2.58. The van der Waals surface area contributed by atoms with Crippen molar-refractivity contribution in [3.63, 3.8) is 0 Å². The van der Waals surface area contributed by atoms with Crippen molar-refractivity contribution in [3.8, 4) is 0 Å². The van der Waals surface area contributed by atoms with Crippen LogP contribution >= 0.6 is 46.4 Å². The second kappa shape index (κ2) is 10.7. The molecular weight excluding hydrogens is 416 g/mol. The third kappa shape index (κ3) is 6.90. The number of alkyl halides is 4. The van der Waals surface area contributed by atoms with Crippen LogP contribution in [-0.2, 0) is 23.9 Å². The minimum absolute atomic E-state index is 0.0411. The number of hydrogen-bond acceptors (Lipinski definition) is 5. The second-order valence-corrected chi connectivity index (χ2v) is 6.80. The van der Waals surface area contributed by atoms with E-state index in [0.717, 1.165) is 0 Å². The summed E-state index contributed by atoms with van der Waals surface area (Å²) in [6.45, 7) is 1.62. The van der Waals surface area contributed by atoms with Gasteiger partial charge in [0.05, 0.1) is 6.61 Å². The van der Waals surface area contributed by atoms with Crippen LogP contribution in [0, 0.1) is 0 Å². The van der Waals surface area contributed by atoms with Gasteiger partial charge in [0.25, 0.3) is 5.91 Å². The maximum atomic E-state index is 12.3. The molecule has 1 N–H and O–H groups in total. The molecule has 138 valence electrons. The fourth-order valence-corrected chi connectivity index (χ4v) is 2.08. The highest BCUT2D eigenvalue weighted by atomic mass is 35.5. The molecule has 1 aromatic rings. The van der Waals surface area contributed by atoms with E-state index in [9.17, 15) is 14.4 Å². The summed E-state index contributed by atoms with van der Waals surface area (Å²) in [5.74, 6) is -2.69. The van der Waals surface area contributed by atoms with Crippen LogP contribution in [0.4, 0.5) is 0 Å². The average molecular weight is 431 g/mol. The molecule has 1 rings (SSSR count). The predicted octanol–water partition coefficient (Wildman–Crippen LogP) is 2.93. The molecule has 0 saturated carbocycles. The van der Waals surface area contributed by atoms with E-state index in [1.54, 1.807) is 37.3 Å². The highest BCUT2D eigenvalue weighted by Gasteiger charge is 2.37. The molecule has 0 unspecified atom stereocenters. The van der Waals surface area contributed by atoms with Gasteiger partial charge >= 0.3 is 11.9 Å². The van der Waals surface area contributed by atoms with Crippen molar-refractivity contribution < 1.29 is 23.9 Å². The Morgan fingerprint density at radius 3 is 2.08 bits per heavy atom. The number of hydrogen-bond donors (Lipinski definition) is 1. The smallest absolute Gasteiger partial charge is 0.340 e. The third-order valence-corrected chi connectivity index (χ3v) is 3.64. The second-order valence-electron chi connectivity index (χ2n) is 4.61. The van der Waals surface area contributed by atoms with Crippen LogP contribution < -0.4 is 5.32 Å². The molecule has 10 heteroatoms. The molecule has 0 aliphatic heterocycles. The first-order valence-corrected chi connectivity index (χ1v) is 8.81. The van der Waals surface area contributed by atoms with Crippen molar-refractivity contribution in [3.05, 3.63) is 35.9 Å². The van der Waals surface area contributed by atoms with Crippen LogP contribution in [0.1, 0.15) is 18.6 Å². The molecule has 0 heterocycles. The van der Waals surface area contributed by atoms with Gasteiger partial charge in [-0.3, -0.25) is 4.79 Å². The Kier molecular flexibility index (Phi) is 9.35. The molecule has 1 amide bonds. The molecule has 0 fully saturated rings. The highest BCUT2D eigenvalue weighted by molar-refractivity contribution is 6.53. The lowest BCUT2D eigenvalue weighted by atomic mass is 10.0. The number of nitrogens with one attached hydrogen (secondary N) is 1. The van der Waals surface area contributed by atoms with Crippen LogP contribution in [0.3, 0.4) is 0 Å². The van der Waals surface area contributed by atoms with E-state index in [4.69, 9.17) is 55.9 Å². The van der Waals surface area contributed by atoms with E-state index in [2.05, 4.69) is 5.32 Å². The predicted molar refractivity (Wildman–Crippen MR) is 94.8 cm³/mol. The molecule has 6 nitrogen and oxygen atoms in total. The molecule has 0 spiro atoms. The first kappa shape index (κ1) is 21.8. The van der Waals surface area contributed by atoms with E-state index >= 15 is 0 Å². The zero-order valence-corrected chi connectivity index (χ0v) is 16.0. The number of esters is 2. The molecule has 0 aromatic heterocycles. The number of halogens is 4. The van der Waals surface area contributed by atoms with E-state index in [1.807, 2.05) is 0 Å². The number of carbonyl (C=O) groups excluding carboxylic acids is 3. The molecule has 2 atom stereocenters. The summed E-state index contributed by atoms with van der Waals surface area (Å²) in [5.41, 5.74) is 0.406. The van der Waals surface area contributed by atoms with Crippen molar-refractivity contribution in [2.24, 2.45) is 0 Å². The van der Waals surface area contributed by atoms with Gasteiger partial charge in [-0.1, -0.05) is 76.7 Å². The monoisotopic (exact) mass is 429 g/mol. The molecule has 0 aliphatic carbocycles. The topological polar surface area (TPSA) is 81.7 Å². The summed E-state index contributed by atoms with van der Waals surface area (Å²) in [6.07, 6.45) is -1.25. The van der Waals surface area contributed by atoms with E-state index in [-0.39, 0.29) is 6.61 Å².